The van der Waals surface area contributed by atoms with Crippen LogP contribution in [0.25, 0.3) is 0 Å². The molecule has 3 saturated heterocycles. The Bertz CT molecular complexity index is 769. The zero-order chi connectivity index (χ0) is 20.6. The van der Waals surface area contributed by atoms with Crippen molar-refractivity contribution in [2.24, 2.45) is 0 Å². The molecule has 1 aromatic rings. The Labute approximate surface area is 179 Å². The van der Waals surface area contributed by atoms with Crippen LogP contribution in [0.2, 0.25) is 0 Å². The van der Waals surface area contributed by atoms with Crippen molar-refractivity contribution in [2.45, 2.75) is 62.6 Å². The number of hydrogen-bond donors (Lipinski definition) is 1. The van der Waals surface area contributed by atoms with Gasteiger partial charge in [-0.2, -0.15) is 0 Å². The molecule has 1 aromatic carbocycles. The van der Waals surface area contributed by atoms with Gasteiger partial charge in [0, 0.05) is 19.1 Å². The normalized spacial score (nSPS) is 27.2. The highest BCUT2D eigenvalue weighted by Crippen LogP contribution is 2.42. The van der Waals surface area contributed by atoms with Crippen LogP contribution in [0.4, 0.5) is 0 Å². The number of hydrogen-bond acceptors (Lipinski definition) is 5. The van der Waals surface area contributed by atoms with Crippen LogP contribution in [0.15, 0.2) is 18.2 Å². The van der Waals surface area contributed by atoms with Crippen molar-refractivity contribution in [3.8, 4) is 5.75 Å². The van der Waals surface area contributed by atoms with Crippen LogP contribution in [-0.4, -0.2) is 74.2 Å². The van der Waals surface area contributed by atoms with Gasteiger partial charge < -0.3 is 19.7 Å². The molecular weight excluding hydrogens is 378 g/mol. The molecule has 4 heterocycles. The minimum Gasteiger partial charge on any atom is -0.497 e. The van der Waals surface area contributed by atoms with E-state index in [1.165, 1.54) is 24.0 Å². The molecule has 1 amide bonds. The van der Waals surface area contributed by atoms with E-state index < -0.39 is 0 Å². The van der Waals surface area contributed by atoms with Gasteiger partial charge in [-0.05, 0) is 87.8 Å². The topological polar surface area (TPSA) is 54.0 Å². The maximum Gasteiger partial charge on any atom is 0.239 e. The van der Waals surface area contributed by atoms with Crippen molar-refractivity contribution in [1.29, 1.82) is 0 Å². The molecule has 4 aliphatic heterocycles. The van der Waals surface area contributed by atoms with E-state index in [4.69, 9.17) is 9.47 Å². The third-order valence-corrected chi connectivity index (χ3v) is 7.79. The van der Waals surface area contributed by atoms with E-state index in [9.17, 15) is 4.79 Å². The molecule has 0 unspecified atom stereocenters. The summed E-state index contributed by atoms with van der Waals surface area (Å²) >= 11 is 0. The Kier molecular flexibility index (Phi) is 5.73. The predicted molar refractivity (Wildman–Crippen MR) is 116 cm³/mol. The number of ether oxygens (including phenoxy) is 2. The van der Waals surface area contributed by atoms with E-state index in [-0.39, 0.29) is 11.6 Å². The molecule has 30 heavy (non-hydrogen) atoms. The first-order chi connectivity index (χ1) is 14.7. The van der Waals surface area contributed by atoms with Crippen molar-refractivity contribution in [3.05, 3.63) is 29.3 Å². The molecule has 6 nitrogen and oxygen atoms in total. The van der Waals surface area contributed by atoms with Crippen LogP contribution in [0.5, 0.6) is 5.75 Å². The number of piperidine rings is 2. The Hall–Kier alpha value is -1.63. The smallest absolute Gasteiger partial charge is 0.239 e. The number of rotatable bonds is 3. The minimum absolute atomic E-state index is 0.0889. The molecule has 0 saturated carbocycles. The number of methoxy groups -OCH3 is 1. The molecule has 1 N–H and O–H groups in total. The lowest BCUT2D eigenvalue weighted by molar-refractivity contribution is -0.146. The summed E-state index contributed by atoms with van der Waals surface area (Å²) in [7, 11) is 1.72. The lowest BCUT2D eigenvalue weighted by atomic mass is 9.79. The molecule has 1 atom stereocenters. The zero-order valence-corrected chi connectivity index (χ0v) is 18.2. The molecule has 0 bridgehead atoms. The van der Waals surface area contributed by atoms with Gasteiger partial charge in [0.15, 0.2) is 0 Å². The Morgan fingerprint density at radius 2 is 1.97 bits per heavy atom. The van der Waals surface area contributed by atoms with Gasteiger partial charge in [0.2, 0.25) is 5.91 Å². The van der Waals surface area contributed by atoms with E-state index in [1.807, 2.05) is 6.07 Å². The van der Waals surface area contributed by atoms with Gasteiger partial charge in [-0.15, -0.1) is 0 Å². The van der Waals surface area contributed by atoms with E-state index in [1.54, 1.807) is 7.11 Å². The Balaban J connectivity index is 1.27. The first kappa shape index (κ1) is 20.3. The monoisotopic (exact) mass is 413 g/mol. The van der Waals surface area contributed by atoms with Crippen molar-refractivity contribution >= 4 is 5.91 Å². The average Bonchev–Trinajstić information content (AvgIpc) is 3.30. The van der Waals surface area contributed by atoms with Crippen LogP contribution in [0, 0.1) is 0 Å². The second-order valence-electron chi connectivity index (χ2n) is 9.32. The number of nitrogens with one attached hydrogen (secondary N) is 1. The molecule has 3 fully saturated rings. The summed E-state index contributed by atoms with van der Waals surface area (Å²) < 4.78 is 11.8. The fraction of sp³-hybridized carbons (Fsp3) is 0.708. The fourth-order valence-corrected chi connectivity index (χ4v) is 6.12. The summed E-state index contributed by atoms with van der Waals surface area (Å²) in [5.41, 5.74) is 2.41. The molecule has 4 aliphatic rings. The van der Waals surface area contributed by atoms with E-state index >= 15 is 0 Å². The summed E-state index contributed by atoms with van der Waals surface area (Å²) in [6.07, 6.45) is 7.21. The number of nitrogens with zero attached hydrogens (tertiary/aromatic N) is 2. The standard InChI is InChI=1S/C24H35N3O3/c1-29-20-4-5-21-18(17-20)8-16-30-24(21)9-14-26(15-10-24)23(28)22-3-2-13-27(22)19-6-11-25-12-7-19/h4-5,17,19,22,25H,2-3,6-16H2,1H3/t22-/m0/s1. The van der Waals surface area contributed by atoms with Gasteiger partial charge in [0.1, 0.15) is 5.75 Å². The van der Waals surface area contributed by atoms with Gasteiger partial charge in [0.05, 0.1) is 25.4 Å². The maximum absolute atomic E-state index is 13.5. The molecule has 5 rings (SSSR count). The first-order valence-corrected chi connectivity index (χ1v) is 11.8. The largest absolute Gasteiger partial charge is 0.497 e. The van der Waals surface area contributed by atoms with Gasteiger partial charge in [0.25, 0.3) is 0 Å². The van der Waals surface area contributed by atoms with Gasteiger partial charge in [-0.3, -0.25) is 9.69 Å². The predicted octanol–water partition coefficient (Wildman–Crippen LogP) is 2.30. The summed E-state index contributed by atoms with van der Waals surface area (Å²) in [4.78, 5) is 18.1. The highest BCUT2D eigenvalue weighted by molar-refractivity contribution is 5.82. The third kappa shape index (κ3) is 3.63. The molecule has 0 aliphatic carbocycles. The Morgan fingerprint density at radius 1 is 1.17 bits per heavy atom. The van der Waals surface area contributed by atoms with Gasteiger partial charge in [-0.25, -0.2) is 0 Å². The number of likely N-dealkylation sites (tertiary alicyclic amines) is 2. The summed E-state index contributed by atoms with van der Waals surface area (Å²) in [5.74, 6) is 1.27. The summed E-state index contributed by atoms with van der Waals surface area (Å²) in [5, 5.41) is 3.45. The SMILES string of the molecule is COc1ccc2c(c1)CCOC21CCN(C(=O)[C@@H]2CCCN2C2CCNCC2)CC1. The first-order valence-electron chi connectivity index (χ1n) is 11.8. The number of amides is 1. The molecule has 0 aromatic heterocycles. The average molecular weight is 414 g/mol. The lowest BCUT2D eigenvalue weighted by Gasteiger charge is -2.46. The van der Waals surface area contributed by atoms with Crippen LogP contribution < -0.4 is 10.1 Å². The number of carbonyl (C=O) groups is 1. The highest BCUT2D eigenvalue weighted by atomic mass is 16.5. The number of benzene rings is 1. The van der Waals surface area contributed by atoms with Gasteiger partial charge in [-0.1, -0.05) is 6.07 Å². The summed E-state index contributed by atoms with van der Waals surface area (Å²) in [6.45, 7) is 5.57. The van der Waals surface area contributed by atoms with E-state index in [0.29, 0.717) is 11.9 Å². The molecule has 0 radical (unpaired) electrons. The second kappa shape index (κ2) is 8.48. The van der Waals surface area contributed by atoms with E-state index in [2.05, 4.69) is 27.2 Å². The highest BCUT2D eigenvalue weighted by Gasteiger charge is 2.44. The number of carbonyl (C=O) groups excluding carboxylic acids is 1. The molecule has 164 valence electrons. The van der Waals surface area contributed by atoms with Crippen LogP contribution >= 0.6 is 0 Å². The lowest BCUT2D eigenvalue weighted by Crippen LogP contribution is -2.55. The van der Waals surface area contributed by atoms with Crippen molar-refractivity contribution in [2.75, 3.05) is 46.4 Å². The van der Waals surface area contributed by atoms with Crippen molar-refractivity contribution < 1.29 is 14.3 Å². The van der Waals surface area contributed by atoms with Crippen LogP contribution in [0.1, 0.15) is 49.7 Å². The second-order valence-corrected chi connectivity index (χ2v) is 9.32. The van der Waals surface area contributed by atoms with Gasteiger partial charge >= 0.3 is 0 Å². The zero-order valence-electron chi connectivity index (χ0n) is 18.2. The maximum atomic E-state index is 13.5. The van der Waals surface area contributed by atoms with E-state index in [0.717, 1.165) is 77.2 Å². The van der Waals surface area contributed by atoms with Crippen LogP contribution in [-0.2, 0) is 21.6 Å². The Morgan fingerprint density at radius 3 is 2.73 bits per heavy atom. The summed E-state index contributed by atoms with van der Waals surface area (Å²) in [6, 6.07) is 7.04. The number of fused-ring (bicyclic) bond motifs is 2. The van der Waals surface area contributed by atoms with Crippen molar-refractivity contribution in [1.82, 2.24) is 15.1 Å². The molecule has 1 spiro atoms. The third-order valence-electron chi connectivity index (χ3n) is 7.79. The molecular formula is C24H35N3O3. The quantitative estimate of drug-likeness (QED) is 0.824. The molecule has 6 heteroatoms. The fourth-order valence-electron chi connectivity index (χ4n) is 6.12. The minimum atomic E-state index is -0.235. The van der Waals surface area contributed by atoms with Crippen LogP contribution in [0.3, 0.4) is 0 Å². The van der Waals surface area contributed by atoms with Crippen molar-refractivity contribution in [3.63, 3.8) is 0 Å².